The first kappa shape index (κ1) is 19.5. The number of carboxylic acids is 1. The van der Waals surface area contributed by atoms with E-state index in [-0.39, 0.29) is 11.5 Å². The summed E-state index contributed by atoms with van der Waals surface area (Å²) in [5.74, 6) is -1.28. The summed E-state index contributed by atoms with van der Waals surface area (Å²) in [6.45, 7) is 1.97. The third-order valence-electron chi connectivity index (χ3n) is 5.46. The topological polar surface area (TPSA) is 106 Å². The molecule has 158 valence electrons. The summed E-state index contributed by atoms with van der Waals surface area (Å²) in [4.78, 5) is 35.9. The number of aromatic carboxylic acids is 1. The minimum Gasteiger partial charge on any atom is -0.475 e. The molecule has 2 N–H and O–H groups in total. The van der Waals surface area contributed by atoms with E-state index < -0.39 is 5.97 Å². The van der Waals surface area contributed by atoms with Gasteiger partial charge < -0.3 is 10.1 Å². The second-order valence-electron chi connectivity index (χ2n) is 7.57. The minimum absolute atomic E-state index is 0.139. The molecule has 8 heteroatoms. The molecule has 0 bridgehead atoms. The maximum atomic E-state index is 13.0. The van der Waals surface area contributed by atoms with Gasteiger partial charge in [-0.3, -0.25) is 14.1 Å². The van der Waals surface area contributed by atoms with Gasteiger partial charge in [-0.15, -0.1) is 0 Å². The van der Waals surface area contributed by atoms with Crippen molar-refractivity contribution in [2.24, 2.45) is 7.05 Å². The molecule has 0 saturated heterocycles. The fraction of sp³-hybridized carbons (Fsp3) is 0.0833. The first-order chi connectivity index (χ1) is 15.4. The Morgan fingerprint density at radius 1 is 1.00 bits per heavy atom. The molecule has 0 aliphatic heterocycles. The van der Waals surface area contributed by atoms with Crippen molar-refractivity contribution in [3.05, 3.63) is 88.9 Å². The van der Waals surface area contributed by atoms with Gasteiger partial charge in [-0.1, -0.05) is 29.8 Å². The van der Waals surface area contributed by atoms with E-state index in [0.29, 0.717) is 16.9 Å². The summed E-state index contributed by atoms with van der Waals surface area (Å²) in [7, 11) is 1.71. The van der Waals surface area contributed by atoms with E-state index in [2.05, 4.69) is 15.0 Å². The van der Waals surface area contributed by atoms with E-state index in [4.69, 9.17) is 0 Å². The molecule has 0 aliphatic rings. The maximum absolute atomic E-state index is 13.0. The van der Waals surface area contributed by atoms with Crippen LogP contribution in [0.4, 0.5) is 0 Å². The fourth-order valence-corrected chi connectivity index (χ4v) is 3.92. The highest BCUT2D eigenvalue weighted by atomic mass is 16.4. The van der Waals surface area contributed by atoms with Crippen LogP contribution in [-0.4, -0.2) is 35.2 Å². The average Bonchev–Trinajstić information content (AvgIpc) is 3.35. The van der Waals surface area contributed by atoms with E-state index in [9.17, 15) is 14.7 Å². The van der Waals surface area contributed by atoms with Crippen LogP contribution in [-0.2, 0) is 7.05 Å². The number of fused-ring (bicyclic) bond motifs is 1. The summed E-state index contributed by atoms with van der Waals surface area (Å²) >= 11 is 0. The number of pyridine rings is 1. The normalized spacial score (nSPS) is 11.2. The summed E-state index contributed by atoms with van der Waals surface area (Å²) < 4.78 is 3.19. The van der Waals surface area contributed by atoms with Gasteiger partial charge in [0.2, 0.25) is 5.82 Å². The van der Waals surface area contributed by atoms with Crippen molar-refractivity contribution in [3.8, 4) is 28.2 Å². The SMILES string of the molecule is Cc1cccc(-c2nc(C(=O)O)[nH]c2-c2ccc3c(c2)n(C)c(=O)n3-c2ccncc2)c1. The Hall–Kier alpha value is -4.46. The van der Waals surface area contributed by atoms with Crippen molar-refractivity contribution >= 4 is 17.0 Å². The molecule has 8 nitrogen and oxygen atoms in total. The lowest BCUT2D eigenvalue weighted by Crippen LogP contribution is -2.20. The number of aromatic amines is 1. The number of rotatable bonds is 4. The predicted molar refractivity (Wildman–Crippen MR) is 121 cm³/mol. The van der Waals surface area contributed by atoms with Crippen LogP contribution >= 0.6 is 0 Å². The number of nitrogens with one attached hydrogen (secondary N) is 1. The zero-order valence-electron chi connectivity index (χ0n) is 17.4. The number of aryl methyl sites for hydroxylation is 2. The van der Waals surface area contributed by atoms with Crippen molar-refractivity contribution in [1.29, 1.82) is 0 Å². The Morgan fingerprint density at radius 3 is 2.50 bits per heavy atom. The average molecular weight is 425 g/mol. The van der Waals surface area contributed by atoms with Crippen LogP contribution in [0.25, 0.3) is 39.2 Å². The van der Waals surface area contributed by atoms with Crippen LogP contribution in [0.1, 0.15) is 16.2 Å². The molecule has 0 aliphatic carbocycles. The van der Waals surface area contributed by atoms with Crippen LogP contribution in [0.2, 0.25) is 0 Å². The Bertz CT molecular complexity index is 1540. The standard InChI is InChI=1S/C24H19N5O3/c1-14-4-3-5-15(12-14)20-21(27-22(26-20)23(30)31)16-6-7-18-19(13-16)28(2)24(32)29(18)17-8-10-25-11-9-17/h3-13H,1-2H3,(H,26,27)(H,30,31). The number of H-pyrrole nitrogens is 1. The Balaban J connectivity index is 1.74. The van der Waals surface area contributed by atoms with Gasteiger partial charge in [0.15, 0.2) is 0 Å². The van der Waals surface area contributed by atoms with E-state index >= 15 is 0 Å². The lowest BCUT2D eigenvalue weighted by molar-refractivity contribution is 0.0685. The molecule has 3 aromatic heterocycles. The van der Waals surface area contributed by atoms with Crippen LogP contribution in [0.3, 0.4) is 0 Å². The van der Waals surface area contributed by atoms with E-state index in [1.807, 2.05) is 49.4 Å². The van der Waals surface area contributed by atoms with Crippen molar-refractivity contribution in [1.82, 2.24) is 24.1 Å². The molecule has 0 spiro atoms. The lowest BCUT2D eigenvalue weighted by atomic mass is 10.0. The quantitative estimate of drug-likeness (QED) is 0.456. The van der Waals surface area contributed by atoms with Crippen molar-refractivity contribution in [2.75, 3.05) is 0 Å². The molecule has 0 fully saturated rings. The number of hydrogen-bond donors (Lipinski definition) is 2. The second kappa shape index (κ2) is 7.35. The monoisotopic (exact) mass is 425 g/mol. The molecule has 0 saturated carbocycles. The second-order valence-corrected chi connectivity index (χ2v) is 7.57. The zero-order valence-corrected chi connectivity index (χ0v) is 17.4. The molecular formula is C24H19N5O3. The summed E-state index contributed by atoms with van der Waals surface area (Å²) in [5, 5.41) is 9.51. The van der Waals surface area contributed by atoms with Gasteiger partial charge in [0.1, 0.15) is 0 Å². The van der Waals surface area contributed by atoms with Crippen molar-refractivity contribution in [3.63, 3.8) is 0 Å². The molecular weight excluding hydrogens is 406 g/mol. The van der Waals surface area contributed by atoms with E-state index in [0.717, 1.165) is 27.9 Å². The first-order valence-corrected chi connectivity index (χ1v) is 9.96. The van der Waals surface area contributed by atoms with E-state index in [1.165, 1.54) is 0 Å². The highest BCUT2D eigenvalue weighted by Crippen LogP contribution is 2.32. The number of carbonyl (C=O) groups is 1. The van der Waals surface area contributed by atoms with Gasteiger partial charge in [-0.25, -0.2) is 14.6 Å². The molecule has 0 radical (unpaired) electrons. The van der Waals surface area contributed by atoms with Crippen molar-refractivity contribution in [2.45, 2.75) is 6.92 Å². The number of hydrogen-bond acceptors (Lipinski definition) is 4. The Kier molecular flexibility index (Phi) is 4.48. The molecule has 32 heavy (non-hydrogen) atoms. The van der Waals surface area contributed by atoms with Gasteiger partial charge >= 0.3 is 11.7 Å². The Morgan fingerprint density at radius 2 is 1.78 bits per heavy atom. The number of nitrogens with zero attached hydrogens (tertiary/aromatic N) is 4. The smallest absolute Gasteiger partial charge is 0.371 e. The number of imidazole rings is 2. The Labute approximate surface area is 182 Å². The maximum Gasteiger partial charge on any atom is 0.371 e. The molecule has 3 heterocycles. The van der Waals surface area contributed by atoms with E-state index in [1.54, 1.807) is 40.7 Å². The van der Waals surface area contributed by atoms with Crippen LogP contribution in [0.5, 0.6) is 0 Å². The molecule has 2 aromatic carbocycles. The molecule has 0 unspecified atom stereocenters. The molecule has 0 atom stereocenters. The third kappa shape index (κ3) is 3.09. The number of carboxylic acid groups (broad SMARTS) is 1. The summed E-state index contributed by atoms with van der Waals surface area (Å²) in [5.41, 5.74) is 5.71. The molecule has 5 rings (SSSR count). The van der Waals surface area contributed by atoms with Crippen LogP contribution in [0, 0.1) is 6.92 Å². The van der Waals surface area contributed by atoms with Crippen molar-refractivity contribution < 1.29 is 9.90 Å². The van der Waals surface area contributed by atoms with Crippen LogP contribution < -0.4 is 5.69 Å². The third-order valence-corrected chi connectivity index (χ3v) is 5.46. The van der Waals surface area contributed by atoms with Gasteiger partial charge in [0, 0.05) is 30.6 Å². The summed E-state index contributed by atoms with van der Waals surface area (Å²) in [6.07, 6.45) is 3.28. The molecule has 0 amide bonds. The number of benzene rings is 2. The summed E-state index contributed by atoms with van der Waals surface area (Å²) in [6, 6.07) is 16.9. The lowest BCUT2D eigenvalue weighted by Gasteiger charge is -2.06. The minimum atomic E-state index is -1.14. The first-order valence-electron chi connectivity index (χ1n) is 9.96. The van der Waals surface area contributed by atoms with Gasteiger partial charge in [-0.2, -0.15) is 0 Å². The van der Waals surface area contributed by atoms with Gasteiger partial charge in [-0.05, 0) is 37.3 Å². The highest BCUT2D eigenvalue weighted by molar-refractivity contribution is 5.91. The fourth-order valence-electron chi connectivity index (χ4n) is 3.92. The number of aromatic nitrogens is 5. The van der Waals surface area contributed by atoms with Gasteiger partial charge in [0.25, 0.3) is 0 Å². The largest absolute Gasteiger partial charge is 0.475 e. The zero-order chi connectivity index (χ0) is 22.4. The van der Waals surface area contributed by atoms with Crippen LogP contribution in [0.15, 0.2) is 71.8 Å². The predicted octanol–water partition coefficient (Wildman–Crippen LogP) is 3.79. The molecule has 5 aromatic rings. The highest BCUT2D eigenvalue weighted by Gasteiger charge is 2.20. The van der Waals surface area contributed by atoms with Gasteiger partial charge in [0.05, 0.1) is 28.1 Å².